The van der Waals surface area contributed by atoms with Crippen molar-refractivity contribution in [1.29, 1.82) is 0 Å². The topological polar surface area (TPSA) is 46.9 Å². The zero-order valence-electron chi connectivity index (χ0n) is 18.0. The Morgan fingerprint density at radius 2 is 1.56 bits per heavy atom. The molecule has 5 heteroatoms. The molecule has 32 heavy (non-hydrogen) atoms. The van der Waals surface area contributed by atoms with E-state index in [9.17, 15) is 9.18 Å². The molecule has 0 atom stereocenters. The van der Waals surface area contributed by atoms with Crippen LogP contribution in [0.4, 0.5) is 10.1 Å². The molecule has 160 valence electrons. The molecule has 1 N–H and O–H groups in total. The van der Waals surface area contributed by atoms with Crippen LogP contribution < -0.4 is 5.32 Å². The largest absolute Gasteiger partial charge is 0.319 e. The lowest BCUT2D eigenvalue weighted by Gasteiger charge is -2.11. The zero-order chi connectivity index (χ0) is 22.5. The lowest BCUT2D eigenvalue weighted by Crippen LogP contribution is -2.15. The van der Waals surface area contributed by atoms with E-state index in [1.54, 1.807) is 22.9 Å². The molecule has 4 aromatic rings. The molecule has 0 fully saturated rings. The zero-order valence-corrected chi connectivity index (χ0v) is 18.0. The summed E-state index contributed by atoms with van der Waals surface area (Å²) in [5, 5.41) is 7.57. The van der Waals surface area contributed by atoms with Crippen LogP contribution in [0.25, 0.3) is 11.6 Å². The predicted octanol–water partition coefficient (Wildman–Crippen LogP) is 5.87. The van der Waals surface area contributed by atoms with Crippen LogP contribution in [0.5, 0.6) is 0 Å². The summed E-state index contributed by atoms with van der Waals surface area (Å²) in [5.41, 5.74) is 4.95. The summed E-state index contributed by atoms with van der Waals surface area (Å²) in [5.74, 6) is -0.500. The number of nitrogens with zero attached hydrogens (tertiary/aromatic N) is 2. The van der Waals surface area contributed by atoms with Gasteiger partial charge in [-0.15, -0.1) is 0 Å². The standard InChI is InChI=1S/C27H24FN3O/c1-19-26(20(2)31(30-19)18-23-15-9-10-16-25(23)28)29-27(32)24(22-13-7-4-8-14-22)17-21-11-5-3-6-12-21/h3-17H,18H2,1-2H3,(H,29,32)/b24-17-. The summed E-state index contributed by atoms with van der Waals surface area (Å²) < 4.78 is 15.8. The van der Waals surface area contributed by atoms with Crippen molar-refractivity contribution in [2.75, 3.05) is 5.32 Å². The number of rotatable bonds is 6. The Hall–Kier alpha value is -3.99. The van der Waals surface area contributed by atoms with Crippen molar-refractivity contribution in [1.82, 2.24) is 9.78 Å². The third kappa shape index (κ3) is 4.67. The van der Waals surface area contributed by atoms with Gasteiger partial charge in [0.1, 0.15) is 5.82 Å². The van der Waals surface area contributed by atoms with E-state index in [0.29, 0.717) is 29.1 Å². The van der Waals surface area contributed by atoms with Crippen LogP contribution in [0.15, 0.2) is 84.9 Å². The summed E-state index contributed by atoms with van der Waals surface area (Å²) in [6, 6.07) is 25.9. The Morgan fingerprint density at radius 3 is 2.25 bits per heavy atom. The monoisotopic (exact) mass is 425 g/mol. The van der Waals surface area contributed by atoms with Gasteiger partial charge in [-0.1, -0.05) is 78.9 Å². The molecule has 0 aliphatic carbocycles. The molecule has 4 nitrogen and oxygen atoms in total. The maximum atomic E-state index is 14.1. The van der Waals surface area contributed by atoms with Crippen LogP contribution in [-0.4, -0.2) is 15.7 Å². The maximum Gasteiger partial charge on any atom is 0.256 e. The van der Waals surface area contributed by atoms with Gasteiger partial charge in [0.15, 0.2) is 0 Å². The van der Waals surface area contributed by atoms with E-state index in [0.717, 1.165) is 16.8 Å². The molecule has 0 saturated carbocycles. The smallest absolute Gasteiger partial charge is 0.256 e. The number of carbonyl (C=O) groups is 1. The van der Waals surface area contributed by atoms with Gasteiger partial charge in [-0.3, -0.25) is 9.48 Å². The Labute approximate surface area is 187 Å². The normalized spacial score (nSPS) is 11.4. The fourth-order valence-corrected chi connectivity index (χ4v) is 3.61. The van der Waals surface area contributed by atoms with Crippen LogP contribution in [0.3, 0.4) is 0 Å². The highest BCUT2D eigenvalue weighted by atomic mass is 19.1. The molecule has 3 aromatic carbocycles. The molecule has 4 rings (SSSR count). The molecule has 1 aromatic heterocycles. The number of carbonyl (C=O) groups excluding carboxylic acids is 1. The number of benzene rings is 3. The molecule has 1 amide bonds. The number of aromatic nitrogens is 2. The van der Waals surface area contributed by atoms with Crippen molar-refractivity contribution in [3.05, 3.63) is 119 Å². The number of hydrogen-bond acceptors (Lipinski definition) is 2. The van der Waals surface area contributed by atoms with Crippen molar-refractivity contribution >= 4 is 23.2 Å². The van der Waals surface area contributed by atoms with Gasteiger partial charge >= 0.3 is 0 Å². The van der Waals surface area contributed by atoms with Crippen LogP contribution in [0, 0.1) is 19.7 Å². The fourth-order valence-electron chi connectivity index (χ4n) is 3.61. The quantitative estimate of drug-likeness (QED) is 0.310. The van der Waals surface area contributed by atoms with E-state index in [-0.39, 0.29) is 11.7 Å². The van der Waals surface area contributed by atoms with Crippen LogP contribution in [0.1, 0.15) is 28.1 Å². The highest BCUT2D eigenvalue weighted by molar-refractivity contribution is 6.29. The highest BCUT2D eigenvalue weighted by Crippen LogP contribution is 2.25. The van der Waals surface area contributed by atoms with Gasteiger partial charge in [0, 0.05) is 11.1 Å². The molecule has 0 unspecified atom stereocenters. The predicted molar refractivity (Wildman–Crippen MR) is 127 cm³/mol. The lowest BCUT2D eigenvalue weighted by molar-refractivity contribution is -0.111. The van der Waals surface area contributed by atoms with E-state index < -0.39 is 0 Å². The van der Waals surface area contributed by atoms with Gasteiger partial charge in [-0.2, -0.15) is 5.10 Å². The average molecular weight is 426 g/mol. The number of nitrogens with one attached hydrogen (secondary N) is 1. The van der Waals surface area contributed by atoms with Crippen molar-refractivity contribution in [3.63, 3.8) is 0 Å². The van der Waals surface area contributed by atoms with Crippen molar-refractivity contribution in [3.8, 4) is 0 Å². The van der Waals surface area contributed by atoms with Crippen molar-refractivity contribution in [2.24, 2.45) is 0 Å². The first-order valence-electron chi connectivity index (χ1n) is 10.4. The maximum absolute atomic E-state index is 14.1. The van der Waals surface area contributed by atoms with E-state index in [1.165, 1.54) is 6.07 Å². The van der Waals surface area contributed by atoms with Gasteiger partial charge in [0.2, 0.25) is 0 Å². The van der Waals surface area contributed by atoms with E-state index in [4.69, 9.17) is 0 Å². The number of anilines is 1. The summed E-state index contributed by atoms with van der Waals surface area (Å²) in [6.45, 7) is 4.00. The first-order valence-corrected chi connectivity index (χ1v) is 10.4. The second-order valence-corrected chi connectivity index (χ2v) is 7.58. The number of halogens is 1. The Morgan fingerprint density at radius 1 is 0.938 bits per heavy atom. The fraction of sp³-hybridized carbons (Fsp3) is 0.111. The van der Waals surface area contributed by atoms with Gasteiger partial charge in [-0.05, 0) is 37.1 Å². The second-order valence-electron chi connectivity index (χ2n) is 7.58. The number of hydrogen-bond donors (Lipinski definition) is 1. The molecular formula is C27H24FN3O. The minimum absolute atomic E-state index is 0.225. The first-order chi connectivity index (χ1) is 15.5. The molecule has 1 heterocycles. The second kappa shape index (κ2) is 9.43. The van der Waals surface area contributed by atoms with E-state index in [1.807, 2.05) is 80.6 Å². The summed E-state index contributed by atoms with van der Waals surface area (Å²) in [6.07, 6.45) is 1.87. The molecule has 0 radical (unpaired) electrons. The average Bonchev–Trinajstić information content (AvgIpc) is 3.07. The van der Waals surface area contributed by atoms with Gasteiger partial charge in [0.05, 0.1) is 23.6 Å². The molecule has 0 aliphatic rings. The van der Waals surface area contributed by atoms with Gasteiger partial charge in [0.25, 0.3) is 5.91 Å². The van der Waals surface area contributed by atoms with Crippen molar-refractivity contribution < 1.29 is 9.18 Å². The third-order valence-corrected chi connectivity index (χ3v) is 5.34. The first kappa shape index (κ1) is 21.2. The lowest BCUT2D eigenvalue weighted by atomic mass is 10.0. The van der Waals surface area contributed by atoms with Crippen LogP contribution in [-0.2, 0) is 11.3 Å². The molecular weight excluding hydrogens is 401 g/mol. The molecule has 0 saturated heterocycles. The van der Waals surface area contributed by atoms with Gasteiger partial charge < -0.3 is 5.32 Å². The van der Waals surface area contributed by atoms with E-state index >= 15 is 0 Å². The van der Waals surface area contributed by atoms with Crippen LogP contribution >= 0.6 is 0 Å². The van der Waals surface area contributed by atoms with Crippen LogP contribution in [0.2, 0.25) is 0 Å². The summed E-state index contributed by atoms with van der Waals surface area (Å²) in [7, 11) is 0. The van der Waals surface area contributed by atoms with Crippen molar-refractivity contribution in [2.45, 2.75) is 20.4 Å². The minimum Gasteiger partial charge on any atom is -0.319 e. The Balaban J connectivity index is 1.65. The minimum atomic E-state index is -0.275. The van der Waals surface area contributed by atoms with E-state index in [2.05, 4.69) is 10.4 Å². The summed E-state index contributed by atoms with van der Waals surface area (Å²) in [4.78, 5) is 13.4. The Kier molecular flexibility index (Phi) is 6.26. The number of amides is 1. The highest BCUT2D eigenvalue weighted by Gasteiger charge is 2.18. The SMILES string of the molecule is Cc1nn(Cc2ccccc2F)c(C)c1NC(=O)/C(=C\c1ccccc1)c1ccccc1. The summed E-state index contributed by atoms with van der Waals surface area (Å²) >= 11 is 0. The number of aryl methyl sites for hydroxylation is 1. The van der Waals surface area contributed by atoms with Gasteiger partial charge in [-0.25, -0.2) is 4.39 Å². The molecule has 0 spiro atoms. The molecule has 0 aliphatic heterocycles. The third-order valence-electron chi connectivity index (χ3n) is 5.34. The Bertz CT molecular complexity index is 1260. The molecule has 0 bridgehead atoms.